The monoisotopic (exact) mass is 360 g/mol. The molecular formula is C22H36N2O2. The molecule has 2 aliphatic rings. The normalized spacial score (nSPS) is 26.7. The van der Waals surface area contributed by atoms with Gasteiger partial charge in [-0.15, -0.1) is 0 Å². The smallest absolute Gasteiger partial charge is 0.0631 e. The van der Waals surface area contributed by atoms with E-state index in [1.165, 1.54) is 12.0 Å². The van der Waals surface area contributed by atoms with Gasteiger partial charge in [0.25, 0.3) is 0 Å². The van der Waals surface area contributed by atoms with Crippen molar-refractivity contribution in [3.8, 4) is 0 Å². The van der Waals surface area contributed by atoms with Crippen molar-refractivity contribution in [2.24, 2.45) is 5.41 Å². The van der Waals surface area contributed by atoms with E-state index in [0.717, 1.165) is 71.8 Å². The van der Waals surface area contributed by atoms with Gasteiger partial charge in [0, 0.05) is 32.8 Å². The number of nitrogens with one attached hydrogen (secondary N) is 1. The van der Waals surface area contributed by atoms with Crippen LogP contribution in [0.4, 0.5) is 0 Å². The van der Waals surface area contributed by atoms with Crippen LogP contribution in [0.2, 0.25) is 0 Å². The summed E-state index contributed by atoms with van der Waals surface area (Å²) >= 11 is 0. The number of hydrogen-bond acceptors (Lipinski definition) is 4. The van der Waals surface area contributed by atoms with Crippen LogP contribution < -0.4 is 5.32 Å². The van der Waals surface area contributed by atoms with Gasteiger partial charge in [0.05, 0.1) is 18.8 Å². The second-order valence-electron chi connectivity index (χ2n) is 8.65. The second kappa shape index (κ2) is 9.32. The van der Waals surface area contributed by atoms with Crippen molar-refractivity contribution in [2.45, 2.75) is 45.1 Å². The van der Waals surface area contributed by atoms with Crippen molar-refractivity contribution in [2.75, 3.05) is 52.5 Å². The molecule has 0 aliphatic carbocycles. The molecular weight excluding hydrogens is 324 g/mol. The predicted molar refractivity (Wildman–Crippen MR) is 107 cm³/mol. The summed E-state index contributed by atoms with van der Waals surface area (Å²) in [5, 5.41) is 3.69. The number of nitrogens with zero attached hydrogens (tertiary/aromatic N) is 1. The Hall–Kier alpha value is -0.940. The number of morpholine rings is 1. The SMILES string of the molecule is CC1(C)CC(CCNCCN2CCOCC2)(Cc2ccccc2)CCO1. The minimum absolute atomic E-state index is 0.0131. The van der Waals surface area contributed by atoms with Crippen molar-refractivity contribution >= 4 is 0 Å². The molecule has 4 heteroatoms. The van der Waals surface area contributed by atoms with Gasteiger partial charge in [-0.25, -0.2) is 0 Å². The van der Waals surface area contributed by atoms with Crippen LogP contribution >= 0.6 is 0 Å². The van der Waals surface area contributed by atoms with Crippen LogP contribution in [0.15, 0.2) is 30.3 Å². The van der Waals surface area contributed by atoms with Crippen LogP contribution in [0.5, 0.6) is 0 Å². The highest BCUT2D eigenvalue weighted by atomic mass is 16.5. The molecule has 4 nitrogen and oxygen atoms in total. The van der Waals surface area contributed by atoms with Gasteiger partial charge in [-0.1, -0.05) is 30.3 Å². The standard InChI is InChI=1S/C22H36N2O2/c1-21(2)19-22(9-15-26-21,18-20-6-4-3-5-7-20)8-10-23-11-12-24-13-16-25-17-14-24/h3-7,23H,8-19H2,1-2H3. The van der Waals surface area contributed by atoms with E-state index in [-0.39, 0.29) is 5.60 Å². The Kier molecular flexibility index (Phi) is 7.10. The Balaban J connectivity index is 1.50. The highest BCUT2D eigenvalue weighted by Gasteiger charge is 2.40. The van der Waals surface area contributed by atoms with E-state index in [4.69, 9.17) is 9.47 Å². The quantitative estimate of drug-likeness (QED) is 0.722. The van der Waals surface area contributed by atoms with Crippen LogP contribution in [-0.2, 0) is 15.9 Å². The first kappa shape index (κ1) is 19.8. The third kappa shape index (κ3) is 6.05. The summed E-state index contributed by atoms with van der Waals surface area (Å²) in [6.07, 6.45) is 4.68. The van der Waals surface area contributed by atoms with Gasteiger partial charge >= 0.3 is 0 Å². The zero-order valence-electron chi connectivity index (χ0n) is 16.6. The van der Waals surface area contributed by atoms with E-state index >= 15 is 0 Å². The lowest BCUT2D eigenvalue weighted by Crippen LogP contribution is -2.44. The van der Waals surface area contributed by atoms with E-state index < -0.39 is 0 Å². The van der Waals surface area contributed by atoms with E-state index in [9.17, 15) is 0 Å². The molecule has 3 rings (SSSR count). The van der Waals surface area contributed by atoms with E-state index in [1.54, 1.807) is 0 Å². The Labute approximate surface area is 159 Å². The van der Waals surface area contributed by atoms with Gasteiger partial charge in [0.2, 0.25) is 0 Å². The van der Waals surface area contributed by atoms with E-state index in [1.807, 2.05) is 0 Å². The Morgan fingerprint density at radius 2 is 1.81 bits per heavy atom. The lowest BCUT2D eigenvalue weighted by molar-refractivity contribution is -0.107. The largest absolute Gasteiger partial charge is 0.379 e. The fourth-order valence-electron chi connectivity index (χ4n) is 4.61. The molecule has 2 fully saturated rings. The lowest BCUT2D eigenvalue weighted by atomic mass is 9.68. The molecule has 0 radical (unpaired) electrons. The third-order valence-electron chi connectivity index (χ3n) is 5.89. The van der Waals surface area contributed by atoms with Crippen LogP contribution in [0.25, 0.3) is 0 Å². The first-order chi connectivity index (χ1) is 12.6. The Morgan fingerprint density at radius 3 is 2.54 bits per heavy atom. The Bertz CT molecular complexity index is 528. The van der Waals surface area contributed by atoms with Crippen LogP contribution in [0, 0.1) is 5.41 Å². The average molecular weight is 361 g/mol. The van der Waals surface area contributed by atoms with Crippen LogP contribution in [-0.4, -0.2) is 63.0 Å². The molecule has 26 heavy (non-hydrogen) atoms. The molecule has 1 N–H and O–H groups in total. The molecule has 1 aromatic rings. The van der Waals surface area contributed by atoms with Crippen molar-refractivity contribution in [1.29, 1.82) is 0 Å². The molecule has 1 atom stereocenters. The molecule has 146 valence electrons. The fourth-order valence-corrected chi connectivity index (χ4v) is 4.61. The summed E-state index contributed by atoms with van der Waals surface area (Å²) in [7, 11) is 0. The summed E-state index contributed by atoms with van der Waals surface area (Å²) in [5.74, 6) is 0. The predicted octanol–water partition coefficient (Wildman–Crippen LogP) is 3.12. The first-order valence-electron chi connectivity index (χ1n) is 10.3. The van der Waals surface area contributed by atoms with Crippen molar-refractivity contribution in [3.05, 3.63) is 35.9 Å². The van der Waals surface area contributed by atoms with Gasteiger partial charge in [-0.2, -0.15) is 0 Å². The topological polar surface area (TPSA) is 33.7 Å². The van der Waals surface area contributed by atoms with Crippen molar-refractivity contribution in [3.63, 3.8) is 0 Å². The first-order valence-corrected chi connectivity index (χ1v) is 10.3. The van der Waals surface area contributed by atoms with Gasteiger partial charge in [0.15, 0.2) is 0 Å². The van der Waals surface area contributed by atoms with Gasteiger partial charge in [-0.05, 0) is 57.1 Å². The fraction of sp³-hybridized carbons (Fsp3) is 0.727. The number of hydrogen-bond donors (Lipinski definition) is 1. The molecule has 0 amide bonds. The third-order valence-corrected chi connectivity index (χ3v) is 5.89. The number of ether oxygens (including phenoxy) is 2. The minimum Gasteiger partial charge on any atom is -0.379 e. The van der Waals surface area contributed by atoms with E-state index in [2.05, 4.69) is 54.4 Å². The van der Waals surface area contributed by atoms with Crippen molar-refractivity contribution in [1.82, 2.24) is 10.2 Å². The average Bonchev–Trinajstić information content (AvgIpc) is 2.62. The van der Waals surface area contributed by atoms with Gasteiger partial charge in [-0.3, -0.25) is 4.90 Å². The molecule has 0 bridgehead atoms. The van der Waals surface area contributed by atoms with Crippen LogP contribution in [0.3, 0.4) is 0 Å². The highest BCUT2D eigenvalue weighted by Crippen LogP contribution is 2.43. The zero-order chi connectivity index (χ0) is 18.3. The molecule has 0 spiro atoms. The molecule has 2 saturated heterocycles. The summed E-state index contributed by atoms with van der Waals surface area (Å²) in [6, 6.07) is 11.0. The molecule has 0 saturated carbocycles. The summed E-state index contributed by atoms with van der Waals surface area (Å²) in [4.78, 5) is 2.49. The van der Waals surface area contributed by atoms with Gasteiger partial charge < -0.3 is 14.8 Å². The lowest BCUT2D eigenvalue weighted by Gasteiger charge is -2.45. The van der Waals surface area contributed by atoms with E-state index in [0.29, 0.717) is 5.41 Å². The maximum Gasteiger partial charge on any atom is 0.0631 e. The minimum atomic E-state index is -0.0131. The summed E-state index contributed by atoms with van der Waals surface area (Å²) < 4.78 is 11.4. The molecule has 2 aliphatic heterocycles. The summed E-state index contributed by atoms with van der Waals surface area (Å²) in [5.41, 5.74) is 1.79. The number of benzene rings is 1. The van der Waals surface area contributed by atoms with Crippen LogP contribution in [0.1, 0.15) is 38.7 Å². The molecule has 2 heterocycles. The number of rotatable bonds is 8. The second-order valence-corrected chi connectivity index (χ2v) is 8.65. The molecule has 0 aromatic heterocycles. The molecule has 1 unspecified atom stereocenters. The Morgan fingerprint density at radius 1 is 1.04 bits per heavy atom. The zero-order valence-corrected chi connectivity index (χ0v) is 16.6. The maximum absolute atomic E-state index is 6.03. The van der Waals surface area contributed by atoms with Crippen molar-refractivity contribution < 1.29 is 9.47 Å². The maximum atomic E-state index is 6.03. The summed E-state index contributed by atoms with van der Waals surface area (Å²) in [6.45, 7) is 12.6. The highest BCUT2D eigenvalue weighted by molar-refractivity contribution is 5.17. The van der Waals surface area contributed by atoms with Gasteiger partial charge in [0.1, 0.15) is 0 Å². The molecule has 1 aromatic carbocycles.